The van der Waals surface area contributed by atoms with Crippen molar-refractivity contribution in [3.63, 3.8) is 0 Å². The second-order valence-electron chi connectivity index (χ2n) is 4.73. The van der Waals surface area contributed by atoms with Crippen molar-refractivity contribution >= 4 is 23.4 Å². The van der Waals surface area contributed by atoms with Crippen LogP contribution in [0.5, 0.6) is 11.5 Å². The molecule has 0 radical (unpaired) electrons. The fraction of sp³-hybridized carbons (Fsp3) is 0.467. The van der Waals surface area contributed by atoms with Crippen molar-refractivity contribution in [2.45, 2.75) is 32.7 Å². The van der Waals surface area contributed by atoms with Gasteiger partial charge in [-0.1, -0.05) is 25.4 Å². The molecule has 0 heterocycles. The van der Waals surface area contributed by atoms with Gasteiger partial charge in [-0.25, -0.2) is 0 Å². The highest BCUT2D eigenvalue weighted by Crippen LogP contribution is 2.36. The highest BCUT2D eigenvalue weighted by atomic mass is 35.5. The Hall–Kier alpha value is -1.95. The van der Waals surface area contributed by atoms with Crippen molar-refractivity contribution in [3.05, 3.63) is 22.7 Å². The molecule has 0 aliphatic carbocycles. The summed E-state index contributed by atoms with van der Waals surface area (Å²) in [5.41, 5.74) is 5.39. The average Bonchev–Trinajstić information content (AvgIpc) is 2.50. The maximum absolute atomic E-state index is 12.2. The van der Waals surface area contributed by atoms with Gasteiger partial charge in [-0.15, -0.1) is 0 Å². The molecule has 0 fully saturated rings. The Kier molecular flexibility index (Phi) is 6.98. The minimum absolute atomic E-state index is 0.100. The maximum Gasteiger partial charge on any atom is 0.255 e. The van der Waals surface area contributed by atoms with Crippen LogP contribution in [0.1, 0.15) is 37.0 Å². The second-order valence-corrected chi connectivity index (χ2v) is 5.14. The van der Waals surface area contributed by atoms with E-state index in [0.717, 1.165) is 12.8 Å². The number of nitrogens with two attached hydrogens (primary N) is 1. The van der Waals surface area contributed by atoms with Gasteiger partial charge < -0.3 is 20.5 Å². The standard InChI is InChI=1S/C15H21ClN2O4/c1-4-10(5-2)18-15(20)9-6-11(16)14(12(7-9)21-3)22-8-13(17)19/h6-7,10H,4-5,8H2,1-3H3,(H2,17,19)(H,18,20). The van der Waals surface area contributed by atoms with E-state index in [0.29, 0.717) is 5.56 Å². The third-order valence-corrected chi connectivity index (χ3v) is 3.45. The van der Waals surface area contributed by atoms with Crippen LogP contribution in [0, 0.1) is 0 Å². The number of nitrogens with one attached hydrogen (secondary N) is 1. The third-order valence-electron chi connectivity index (χ3n) is 3.17. The lowest BCUT2D eigenvalue weighted by molar-refractivity contribution is -0.119. The Morgan fingerprint density at radius 1 is 1.32 bits per heavy atom. The minimum atomic E-state index is -0.631. The molecule has 0 bridgehead atoms. The Morgan fingerprint density at radius 3 is 2.45 bits per heavy atom. The van der Waals surface area contributed by atoms with Crippen molar-refractivity contribution in [1.29, 1.82) is 0 Å². The molecular weight excluding hydrogens is 308 g/mol. The van der Waals surface area contributed by atoms with Crippen LogP contribution in [0.25, 0.3) is 0 Å². The van der Waals surface area contributed by atoms with Gasteiger partial charge in [-0.05, 0) is 25.0 Å². The van der Waals surface area contributed by atoms with E-state index < -0.39 is 5.91 Å². The molecule has 0 aliphatic rings. The zero-order valence-corrected chi connectivity index (χ0v) is 13.7. The summed E-state index contributed by atoms with van der Waals surface area (Å²) in [5.74, 6) is -0.422. The van der Waals surface area contributed by atoms with Gasteiger partial charge in [0.1, 0.15) is 0 Å². The summed E-state index contributed by atoms with van der Waals surface area (Å²) in [6, 6.07) is 3.08. The molecule has 0 unspecified atom stereocenters. The first-order valence-corrected chi connectivity index (χ1v) is 7.40. The Balaban J connectivity index is 3.01. The minimum Gasteiger partial charge on any atom is -0.493 e. The number of amides is 2. The zero-order valence-electron chi connectivity index (χ0n) is 12.9. The summed E-state index contributed by atoms with van der Waals surface area (Å²) in [6.07, 6.45) is 1.68. The van der Waals surface area contributed by atoms with Crippen LogP contribution in [-0.4, -0.2) is 31.6 Å². The summed E-state index contributed by atoms with van der Waals surface area (Å²) >= 11 is 6.11. The van der Waals surface area contributed by atoms with Gasteiger partial charge in [0.2, 0.25) is 0 Å². The number of carbonyl (C=O) groups excluding carboxylic acids is 2. The van der Waals surface area contributed by atoms with Crippen LogP contribution >= 0.6 is 11.6 Å². The largest absolute Gasteiger partial charge is 0.493 e. The SMILES string of the molecule is CCC(CC)NC(=O)c1cc(Cl)c(OCC(N)=O)c(OC)c1. The van der Waals surface area contributed by atoms with Gasteiger partial charge in [0.05, 0.1) is 12.1 Å². The van der Waals surface area contributed by atoms with Crippen LogP contribution in [0.2, 0.25) is 5.02 Å². The van der Waals surface area contributed by atoms with E-state index in [-0.39, 0.29) is 35.1 Å². The summed E-state index contributed by atoms with van der Waals surface area (Å²) in [6.45, 7) is 3.68. The first-order valence-electron chi connectivity index (χ1n) is 7.02. The maximum atomic E-state index is 12.2. The smallest absolute Gasteiger partial charge is 0.255 e. The average molecular weight is 329 g/mol. The van der Waals surface area contributed by atoms with E-state index in [4.69, 9.17) is 26.8 Å². The molecule has 6 nitrogen and oxygen atoms in total. The first-order chi connectivity index (χ1) is 10.4. The molecule has 1 rings (SSSR count). The highest BCUT2D eigenvalue weighted by Gasteiger charge is 2.18. The van der Waals surface area contributed by atoms with Crippen LogP contribution < -0.4 is 20.5 Å². The zero-order chi connectivity index (χ0) is 16.7. The van der Waals surface area contributed by atoms with Crippen molar-refractivity contribution in [2.24, 2.45) is 5.73 Å². The van der Waals surface area contributed by atoms with Gasteiger partial charge in [-0.2, -0.15) is 0 Å². The van der Waals surface area contributed by atoms with E-state index in [9.17, 15) is 9.59 Å². The van der Waals surface area contributed by atoms with Gasteiger partial charge in [0, 0.05) is 11.6 Å². The van der Waals surface area contributed by atoms with Crippen LogP contribution in [0.3, 0.4) is 0 Å². The Bertz CT molecular complexity index is 545. The molecule has 0 spiro atoms. The molecule has 0 aliphatic heterocycles. The fourth-order valence-electron chi connectivity index (χ4n) is 1.90. The second kappa shape index (κ2) is 8.48. The Labute approximate surface area is 134 Å². The summed E-state index contributed by atoms with van der Waals surface area (Å²) in [4.78, 5) is 23.0. The van der Waals surface area contributed by atoms with Gasteiger partial charge >= 0.3 is 0 Å². The molecule has 0 saturated heterocycles. The van der Waals surface area contributed by atoms with Crippen LogP contribution in [0.4, 0.5) is 0 Å². The summed E-state index contributed by atoms with van der Waals surface area (Å²) < 4.78 is 10.4. The van der Waals surface area contributed by atoms with Crippen molar-refractivity contribution in [2.75, 3.05) is 13.7 Å². The predicted molar refractivity (Wildman–Crippen MR) is 84.5 cm³/mol. The van der Waals surface area contributed by atoms with Crippen LogP contribution in [-0.2, 0) is 4.79 Å². The molecule has 0 aromatic heterocycles. The van der Waals surface area contributed by atoms with Crippen LogP contribution in [0.15, 0.2) is 12.1 Å². The van der Waals surface area contributed by atoms with Crippen molar-refractivity contribution in [1.82, 2.24) is 5.32 Å². The molecule has 2 amide bonds. The number of ether oxygens (including phenoxy) is 2. The molecule has 22 heavy (non-hydrogen) atoms. The lowest BCUT2D eigenvalue weighted by atomic mass is 10.1. The third kappa shape index (κ3) is 4.80. The number of halogens is 1. The topological polar surface area (TPSA) is 90.6 Å². The number of rotatable bonds is 8. The van der Waals surface area contributed by atoms with Gasteiger partial charge in [-0.3, -0.25) is 9.59 Å². The quantitative estimate of drug-likeness (QED) is 0.764. The molecule has 3 N–H and O–H groups in total. The highest BCUT2D eigenvalue weighted by molar-refractivity contribution is 6.32. The van der Waals surface area contributed by atoms with E-state index in [1.807, 2.05) is 13.8 Å². The molecule has 7 heteroatoms. The lowest BCUT2D eigenvalue weighted by Gasteiger charge is -2.16. The summed E-state index contributed by atoms with van der Waals surface area (Å²) in [7, 11) is 1.42. The van der Waals surface area contributed by atoms with E-state index >= 15 is 0 Å². The molecular formula is C15H21ClN2O4. The number of hydrogen-bond donors (Lipinski definition) is 2. The van der Waals surface area contributed by atoms with Crippen molar-refractivity contribution < 1.29 is 19.1 Å². The van der Waals surface area contributed by atoms with Crippen molar-refractivity contribution in [3.8, 4) is 11.5 Å². The predicted octanol–water partition coefficient (Wildman–Crippen LogP) is 2.13. The molecule has 1 aromatic carbocycles. The molecule has 0 atom stereocenters. The van der Waals surface area contributed by atoms with Gasteiger partial charge in [0.15, 0.2) is 18.1 Å². The summed E-state index contributed by atoms with van der Waals surface area (Å²) in [5, 5.41) is 3.09. The van der Waals surface area contributed by atoms with E-state index in [1.165, 1.54) is 19.2 Å². The molecule has 0 saturated carbocycles. The van der Waals surface area contributed by atoms with Gasteiger partial charge in [0.25, 0.3) is 11.8 Å². The van der Waals surface area contributed by atoms with E-state index in [2.05, 4.69) is 5.32 Å². The first kappa shape index (κ1) is 18.1. The number of methoxy groups -OCH3 is 1. The Morgan fingerprint density at radius 2 is 1.95 bits per heavy atom. The van der Waals surface area contributed by atoms with E-state index in [1.54, 1.807) is 0 Å². The monoisotopic (exact) mass is 328 g/mol. The lowest BCUT2D eigenvalue weighted by Crippen LogP contribution is -2.33. The molecule has 1 aromatic rings. The number of carbonyl (C=O) groups is 2. The number of primary amides is 1. The number of hydrogen-bond acceptors (Lipinski definition) is 4. The fourth-order valence-corrected chi connectivity index (χ4v) is 2.16. The normalized spacial score (nSPS) is 10.4. The number of benzene rings is 1. The molecule has 122 valence electrons.